The van der Waals surface area contributed by atoms with Crippen molar-refractivity contribution in [1.29, 1.82) is 0 Å². The van der Waals surface area contributed by atoms with Crippen molar-refractivity contribution < 1.29 is 23.7 Å². The molecule has 0 saturated heterocycles. The van der Waals surface area contributed by atoms with Crippen LogP contribution in [0.2, 0.25) is 0 Å². The van der Waals surface area contributed by atoms with Crippen molar-refractivity contribution >= 4 is 5.91 Å². The molecular weight excluding hydrogens is 310 g/mol. The average Bonchev–Trinajstić information content (AvgIpc) is 2.59. The molecule has 1 N–H and O–H groups in total. The normalized spacial score (nSPS) is 10.3. The van der Waals surface area contributed by atoms with E-state index in [2.05, 4.69) is 11.9 Å². The molecule has 0 saturated carbocycles. The number of nitrogens with one attached hydrogen (secondary N) is 1. The molecule has 1 amide bonds. The van der Waals surface area contributed by atoms with E-state index >= 15 is 0 Å². The van der Waals surface area contributed by atoms with Crippen LogP contribution in [-0.2, 0) is 27.2 Å². The molecule has 0 spiro atoms. The van der Waals surface area contributed by atoms with Gasteiger partial charge < -0.3 is 24.3 Å². The fraction of sp³-hybridized carbons (Fsp3) is 0.500. The Balaban J connectivity index is 2.59. The van der Waals surface area contributed by atoms with Gasteiger partial charge in [-0.25, -0.2) is 0 Å². The van der Waals surface area contributed by atoms with Gasteiger partial charge in [-0.3, -0.25) is 4.79 Å². The third kappa shape index (κ3) is 6.60. The number of amides is 1. The molecule has 0 aliphatic heterocycles. The van der Waals surface area contributed by atoms with Crippen molar-refractivity contribution in [3.63, 3.8) is 0 Å². The second kappa shape index (κ2) is 11.5. The molecule has 0 aromatic heterocycles. The zero-order chi connectivity index (χ0) is 17.8. The summed E-state index contributed by atoms with van der Waals surface area (Å²) >= 11 is 0. The first-order valence-electron chi connectivity index (χ1n) is 7.84. The summed E-state index contributed by atoms with van der Waals surface area (Å²) in [6.07, 6.45) is 2.78. The van der Waals surface area contributed by atoms with Crippen molar-refractivity contribution in [1.82, 2.24) is 5.32 Å². The molecule has 0 aliphatic carbocycles. The largest absolute Gasteiger partial charge is 0.493 e. The third-order valence-corrected chi connectivity index (χ3v) is 3.37. The number of allylic oxidation sites excluding steroid dienone is 1. The van der Waals surface area contributed by atoms with Crippen molar-refractivity contribution in [2.75, 3.05) is 41.2 Å². The molecule has 0 heterocycles. The van der Waals surface area contributed by atoms with E-state index in [-0.39, 0.29) is 5.91 Å². The SMILES string of the molecule is C=CCc1cc(CNC(=O)CCOCCOC)cc(OC)c1OC. The van der Waals surface area contributed by atoms with Crippen LogP contribution in [0.25, 0.3) is 0 Å². The van der Waals surface area contributed by atoms with Crippen molar-refractivity contribution in [2.24, 2.45) is 0 Å². The number of hydrogen-bond acceptors (Lipinski definition) is 5. The second-order valence-electron chi connectivity index (χ2n) is 5.12. The molecule has 1 aromatic rings. The minimum absolute atomic E-state index is 0.0625. The first-order chi connectivity index (χ1) is 11.7. The molecular formula is C18H27NO5. The highest BCUT2D eigenvalue weighted by atomic mass is 16.5. The zero-order valence-electron chi connectivity index (χ0n) is 14.7. The lowest BCUT2D eigenvalue weighted by Crippen LogP contribution is -2.24. The monoisotopic (exact) mass is 337 g/mol. The van der Waals surface area contributed by atoms with Crippen LogP contribution < -0.4 is 14.8 Å². The van der Waals surface area contributed by atoms with Gasteiger partial charge >= 0.3 is 0 Å². The molecule has 24 heavy (non-hydrogen) atoms. The summed E-state index contributed by atoms with van der Waals surface area (Å²) in [5, 5.41) is 2.88. The van der Waals surface area contributed by atoms with Crippen LogP contribution >= 0.6 is 0 Å². The van der Waals surface area contributed by atoms with Crippen LogP contribution in [0.3, 0.4) is 0 Å². The topological polar surface area (TPSA) is 66.0 Å². The number of ether oxygens (including phenoxy) is 4. The molecule has 0 unspecified atom stereocenters. The third-order valence-electron chi connectivity index (χ3n) is 3.37. The van der Waals surface area contributed by atoms with Crippen LogP contribution in [0.5, 0.6) is 11.5 Å². The lowest BCUT2D eigenvalue weighted by atomic mass is 10.1. The molecule has 6 nitrogen and oxygen atoms in total. The van der Waals surface area contributed by atoms with Crippen LogP contribution in [0.1, 0.15) is 17.5 Å². The van der Waals surface area contributed by atoms with E-state index in [4.69, 9.17) is 18.9 Å². The van der Waals surface area contributed by atoms with E-state index in [1.165, 1.54) is 0 Å². The number of methoxy groups -OCH3 is 3. The average molecular weight is 337 g/mol. The molecule has 0 atom stereocenters. The number of rotatable bonds is 12. The Morgan fingerprint density at radius 2 is 1.96 bits per heavy atom. The van der Waals surface area contributed by atoms with Crippen molar-refractivity contribution in [3.8, 4) is 11.5 Å². The molecule has 1 rings (SSSR count). The van der Waals surface area contributed by atoms with Gasteiger partial charge in [0, 0.05) is 25.6 Å². The molecule has 0 fully saturated rings. The highest BCUT2D eigenvalue weighted by Crippen LogP contribution is 2.33. The minimum Gasteiger partial charge on any atom is -0.493 e. The highest BCUT2D eigenvalue weighted by molar-refractivity contribution is 5.76. The number of hydrogen-bond donors (Lipinski definition) is 1. The maximum atomic E-state index is 11.8. The van der Waals surface area contributed by atoms with E-state index in [0.29, 0.717) is 50.7 Å². The molecule has 0 aliphatic rings. The van der Waals surface area contributed by atoms with Gasteiger partial charge in [-0.15, -0.1) is 6.58 Å². The summed E-state index contributed by atoms with van der Waals surface area (Å²) in [6.45, 7) is 5.57. The van der Waals surface area contributed by atoms with E-state index < -0.39 is 0 Å². The molecule has 0 radical (unpaired) electrons. The summed E-state index contributed by atoms with van der Waals surface area (Å²) in [6, 6.07) is 3.85. The number of benzene rings is 1. The first kappa shape index (κ1) is 20.0. The molecule has 6 heteroatoms. The van der Waals surface area contributed by atoms with Crippen molar-refractivity contribution in [2.45, 2.75) is 19.4 Å². The first-order valence-corrected chi connectivity index (χ1v) is 7.84. The van der Waals surface area contributed by atoms with Crippen LogP contribution in [0.15, 0.2) is 24.8 Å². The summed E-state index contributed by atoms with van der Waals surface area (Å²) in [7, 11) is 4.81. The lowest BCUT2D eigenvalue weighted by Gasteiger charge is -2.15. The van der Waals surface area contributed by atoms with Crippen LogP contribution in [-0.4, -0.2) is 47.1 Å². The predicted molar refractivity (Wildman–Crippen MR) is 92.6 cm³/mol. The summed E-state index contributed by atoms with van der Waals surface area (Å²) in [5.74, 6) is 1.27. The van der Waals surface area contributed by atoms with Gasteiger partial charge in [0.1, 0.15) is 0 Å². The maximum Gasteiger partial charge on any atom is 0.222 e. The van der Waals surface area contributed by atoms with Gasteiger partial charge in [0.15, 0.2) is 11.5 Å². The minimum atomic E-state index is -0.0625. The quantitative estimate of drug-likeness (QED) is 0.467. The van der Waals surface area contributed by atoms with E-state index in [9.17, 15) is 4.79 Å². The second-order valence-corrected chi connectivity index (χ2v) is 5.12. The summed E-state index contributed by atoms with van der Waals surface area (Å²) in [5.41, 5.74) is 1.91. The van der Waals surface area contributed by atoms with Gasteiger partial charge in [-0.1, -0.05) is 6.08 Å². The Hall–Kier alpha value is -2.05. The Morgan fingerprint density at radius 1 is 1.17 bits per heavy atom. The fourth-order valence-corrected chi connectivity index (χ4v) is 2.21. The maximum absolute atomic E-state index is 11.8. The van der Waals surface area contributed by atoms with Crippen LogP contribution in [0, 0.1) is 0 Å². The summed E-state index contributed by atoms with van der Waals surface area (Å²) < 4.78 is 20.9. The zero-order valence-corrected chi connectivity index (χ0v) is 14.7. The lowest BCUT2D eigenvalue weighted by molar-refractivity contribution is -0.122. The van der Waals surface area contributed by atoms with Gasteiger partial charge in [-0.05, 0) is 24.1 Å². The Labute approximate surface area is 143 Å². The molecule has 1 aromatic carbocycles. The number of carbonyl (C=O) groups is 1. The predicted octanol–water partition coefficient (Wildman–Crippen LogP) is 2.10. The molecule has 134 valence electrons. The Kier molecular flexibility index (Phi) is 9.56. The molecule has 0 bridgehead atoms. The van der Waals surface area contributed by atoms with Crippen molar-refractivity contribution in [3.05, 3.63) is 35.9 Å². The van der Waals surface area contributed by atoms with E-state index in [0.717, 1.165) is 11.1 Å². The highest BCUT2D eigenvalue weighted by Gasteiger charge is 2.12. The smallest absolute Gasteiger partial charge is 0.222 e. The van der Waals surface area contributed by atoms with Crippen LogP contribution in [0.4, 0.5) is 0 Å². The fourth-order valence-electron chi connectivity index (χ4n) is 2.21. The number of carbonyl (C=O) groups excluding carboxylic acids is 1. The van der Waals surface area contributed by atoms with Gasteiger partial charge in [-0.2, -0.15) is 0 Å². The van der Waals surface area contributed by atoms with Gasteiger partial charge in [0.05, 0.1) is 34.0 Å². The van der Waals surface area contributed by atoms with Gasteiger partial charge in [0.25, 0.3) is 0 Å². The van der Waals surface area contributed by atoms with Gasteiger partial charge in [0.2, 0.25) is 5.91 Å². The summed E-state index contributed by atoms with van der Waals surface area (Å²) in [4.78, 5) is 11.8. The Morgan fingerprint density at radius 3 is 2.58 bits per heavy atom. The Bertz CT molecular complexity index is 530. The standard InChI is InChI=1S/C18H27NO5/c1-5-6-15-11-14(12-16(22-3)18(15)23-4)13-19-17(20)7-8-24-10-9-21-2/h5,11-12H,1,6-10,13H2,2-4H3,(H,19,20). The van der Waals surface area contributed by atoms with E-state index in [1.54, 1.807) is 27.4 Å². The van der Waals surface area contributed by atoms with E-state index in [1.807, 2.05) is 12.1 Å².